The van der Waals surface area contributed by atoms with Gasteiger partial charge in [0.25, 0.3) is 5.91 Å². The van der Waals surface area contributed by atoms with Gasteiger partial charge in [0.2, 0.25) is 0 Å². The molecule has 0 radical (unpaired) electrons. The first kappa shape index (κ1) is 26.9. The second-order valence-electron chi connectivity index (χ2n) is 6.88. The Kier molecular flexibility index (Phi) is 11.5. The molecule has 2 aromatic carbocycles. The van der Waals surface area contributed by atoms with Crippen molar-refractivity contribution in [1.82, 2.24) is 16.0 Å². The lowest BCUT2D eigenvalue weighted by Crippen LogP contribution is -2.38. The summed E-state index contributed by atoms with van der Waals surface area (Å²) in [4.78, 5) is 16.7. The van der Waals surface area contributed by atoms with Crippen LogP contribution >= 0.6 is 24.0 Å². The van der Waals surface area contributed by atoms with E-state index in [0.29, 0.717) is 23.5 Å². The molecule has 1 amide bonds. The zero-order valence-electron chi connectivity index (χ0n) is 18.1. The molecule has 170 valence electrons. The second kappa shape index (κ2) is 13.3. The van der Waals surface area contributed by atoms with Gasteiger partial charge in [0.05, 0.1) is 4.90 Å². The quantitative estimate of drug-likeness (QED) is 0.250. The molecule has 0 saturated heterocycles. The monoisotopic (exact) mass is 558 g/mol. The molecule has 0 atom stereocenters. The average Bonchev–Trinajstić information content (AvgIpc) is 2.73. The predicted octanol–water partition coefficient (Wildman–Crippen LogP) is 2.41. The molecule has 0 fully saturated rings. The average molecular weight is 558 g/mol. The zero-order chi connectivity index (χ0) is 22.0. The van der Waals surface area contributed by atoms with Crippen molar-refractivity contribution in [2.75, 3.05) is 32.9 Å². The Labute approximate surface area is 202 Å². The topological polar surface area (TPSA) is 99.7 Å². The van der Waals surface area contributed by atoms with E-state index in [-0.39, 0.29) is 29.9 Å². The highest BCUT2D eigenvalue weighted by molar-refractivity contribution is 14.0. The van der Waals surface area contributed by atoms with Gasteiger partial charge in [-0.05, 0) is 55.2 Å². The third-order valence-corrected chi connectivity index (χ3v) is 5.62. The molecule has 0 unspecified atom stereocenters. The minimum absolute atomic E-state index is 0. The van der Waals surface area contributed by atoms with E-state index in [2.05, 4.69) is 20.9 Å². The lowest BCUT2D eigenvalue weighted by molar-refractivity contribution is 0.0963. The minimum atomic E-state index is -3.17. The van der Waals surface area contributed by atoms with Crippen molar-refractivity contribution in [3.05, 3.63) is 65.2 Å². The number of nitrogens with zero attached hydrogens (tertiary/aromatic N) is 1. The summed E-state index contributed by atoms with van der Waals surface area (Å²) in [6.07, 6.45) is 2.69. The number of halogens is 1. The summed E-state index contributed by atoms with van der Waals surface area (Å²) in [5.74, 6) is 0.636. The third-order valence-electron chi connectivity index (χ3n) is 4.49. The van der Waals surface area contributed by atoms with Crippen LogP contribution < -0.4 is 16.0 Å². The Morgan fingerprint density at radius 1 is 1.00 bits per heavy atom. The Morgan fingerprint density at radius 3 is 2.32 bits per heavy atom. The van der Waals surface area contributed by atoms with Crippen LogP contribution in [0, 0.1) is 0 Å². The number of carbonyl (C=O) groups is 1. The van der Waals surface area contributed by atoms with Crippen LogP contribution in [0.3, 0.4) is 0 Å². The van der Waals surface area contributed by atoms with E-state index in [0.717, 1.165) is 36.5 Å². The van der Waals surface area contributed by atoms with Gasteiger partial charge in [0, 0.05) is 38.5 Å². The first-order valence-corrected chi connectivity index (χ1v) is 11.8. The summed E-state index contributed by atoms with van der Waals surface area (Å²) >= 11 is 0. The first-order valence-electron chi connectivity index (χ1n) is 9.95. The van der Waals surface area contributed by atoms with Crippen LogP contribution in [-0.4, -0.2) is 53.2 Å². The lowest BCUT2D eigenvalue weighted by Gasteiger charge is -2.12. The zero-order valence-corrected chi connectivity index (χ0v) is 21.3. The molecule has 0 aliphatic rings. The number of nitrogens with one attached hydrogen (secondary N) is 3. The van der Waals surface area contributed by atoms with Gasteiger partial charge in [-0.15, -0.1) is 24.0 Å². The highest BCUT2D eigenvalue weighted by Crippen LogP contribution is 2.11. The molecular formula is C22H31IN4O3S. The fourth-order valence-electron chi connectivity index (χ4n) is 2.88. The maximum absolute atomic E-state index is 11.7. The molecule has 0 aliphatic heterocycles. The molecule has 2 aromatic rings. The van der Waals surface area contributed by atoms with Crippen molar-refractivity contribution in [3.8, 4) is 0 Å². The van der Waals surface area contributed by atoms with Crippen LogP contribution in [0.1, 0.15) is 28.4 Å². The third kappa shape index (κ3) is 9.26. The van der Waals surface area contributed by atoms with E-state index in [9.17, 15) is 13.2 Å². The maximum atomic E-state index is 11.7. The lowest BCUT2D eigenvalue weighted by atomic mass is 10.1. The minimum Gasteiger partial charge on any atom is -0.357 e. The van der Waals surface area contributed by atoms with Gasteiger partial charge in [-0.25, -0.2) is 8.42 Å². The highest BCUT2D eigenvalue weighted by Gasteiger charge is 2.06. The molecule has 0 heterocycles. The van der Waals surface area contributed by atoms with Gasteiger partial charge in [-0.2, -0.15) is 0 Å². The van der Waals surface area contributed by atoms with E-state index in [1.807, 2.05) is 37.3 Å². The standard InChI is InChI=1S/C22H30N4O3S.HI/c1-4-24-22(25-14-12-17-8-10-20(11-9-17)30(3,28)29)26-15-13-18-6-5-7-19(16-18)21(27)23-2;/h5-11,16H,4,12-15H2,1-3H3,(H,23,27)(H2,24,25,26);1H. The van der Waals surface area contributed by atoms with Gasteiger partial charge < -0.3 is 16.0 Å². The van der Waals surface area contributed by atoms with E-state index in [4.69, 9.17) is 0 Å². The summed E-state index contributed by atoms with van der Waals surface area (Å²) < 4.78 is 23.1. The number of guanidine groups is 1. The molecule has 7 nitrogen and oxygen atoms in total. The number of amides is 1. The molecular weight excluding hydrogens is 527 g/mol. The largest absolute Gasteiger partial charge is 0.357 e. The summed E-state index contributed by atoms with van der Waals surface area (Å²) in [6.45, 7) is 4.03. The van der Waals surface area contributed by atoms with Gasteiger partial charge in [-0.1, -0.05) is 24.3 Å². The number of benzene rings is 2. The van der Waals surface area contributed by atoms with Crippen LogP contribution in [0.25, 0.3) is 0 Å². The number of sulfone groups is 1. The van der Waals surface area contributed by atoms with Crippen LogP contribution in [0.2, 0.25) is 0 Å². The van der Waals surface area contributed by atoms with E-state index in [1.54, 1.807) is 25.2 Å². The molecule has 9 heteroatoms. The summed E-state index contributed by atoms with van der Waals surface area (Å²) in [7, 11) is -1.55. The van der Waals surface area contributed by atoms with E-state index >= 15 is 0 Å². The molecule has 0 bridgehead atoms. The SMILES string of the molecule is CCNC(=NCCc1ccc(S(C)(=O)=O)cc1)NCCc1cccc(C(=O)NC)c1.I. The number of aliphatic imine (C=N–C) groups is 1. The second-order valence-corrected chi connectivity index (χ2v) is 8.90. The Hall–Kier alpha value is -2.14. The Balaban J connectivity index is 0.00000480. The van der Waals surface area contributed by atoms with Gasteiger partial charge in [0.15, 0.2) is 15.8 Å². The number of carbonyl (C=O) groups excluding carboxylic acids is 1. The fourth-order valence-corrected chi connectivity index (χ4v) is 3.51. The number of hydrogen-bond acceptors (Lipinski definition) is 4. The molecule has 0 spiro atoms. The van der Waals surface area contributed by atoms with Crippen LogP contribution in [0.15, 0.2) is 58.4 Å². The van der Waals surface area contributed by atoms with E-state index in [1.165, 1.54) is 6.26 Å². The van der Waals surface area contributed by atoms with Crippen molar-refractivity contribution >= 4 is 45.7 Å². The number of hydrogen-bond donors (Lipinski definition) is 3. The van der Waals surface area contributed by atoms with Crippen LogP contribution in [0.4, 0.5) is 0 Å². The van der Waals surface area contributed by atoms with Gasteiger partial charge in [-0.3, -0.25) is 9.79 Å². The maximum Gasteiger partial charge on any atom is 0.251 e. The van der Waals surface area contributed by atoms with Gasteiger partial charge in [0.1, 0.15) is 0 Å². The summed E-state index contributed by atoms with van der Waals surface area (Å²) in [6, 6.07) is 14.5. The van der Waals surface area contributed by atoms with E-state index < -0.39 is 9.84 Å². The summed E-state index contributed by atoms with van der Waals surface area (Å²) in [5.41, 5.74) is 2.76. The smallest absolute Gasteiger partial charge is 0.251 e. The molecule has 31 heavy (non-hydrogen) atoms. The molecule has 0 aliphatic carbocycles. The fraction of sp³-hybridized carbons (Fsp3) is 0.364. The van der Waals surface area contributed by atoms with Crippen molar-refractivity contribution in [1.29, 1.82) is 0 Å². The highest BCUT2D eigenvalue weighted by atomic mass is 127. The predicted molar refractivity (Wildman–Crippen MR) is 136 cm³/mol. The summed E-state index contributed by atoms with van der Waals surface area (Å²) in [5, 5.41) is 9.16. The van der Waals surface area contributed by atoms with Crippen molar-refractivity contribution in [2.24, 2.45) is 4.99 Å². The Morgan fingerprint density at radius 2 is 1.71 bits per heavy atom. The molecule has 3 N–H and O–H groups in total. The molecule has 0 aromatic heterocycles. The normalized spacial score (nSPS) is 11.4. The molecule has 0 saturated carbocycles. The van der Waals surface area contributed by atoms with Crippen molar-refractivity contribution < 1.29 is 13.2 Å². The van der Waals surface area contributed by atoms with Crippen molar-refractivity contribution in [2.45, 2.75) is 24.7 Å². The van der Waals surface area contributed by atoms with Crippen LogP contribution in [0.5, 0.6) is 0 Å². The van der Waals surface area contributed by atoms with Crippen LogP contribution in [-0.2, 0) is 22.7 Å². The molecule has 2 rings (SSSR count). The van der Waals surface area contributed by atoms with Crippen molar-refractivity contribution in [3.63, 3.8) is 0 Å². The first-order chi connectivity index (χ1) is 14.3. The number of rotatable bonds is 9. The Bertz CT molecular complexity index is 977. The van der Waals surface area contributed by atoms with Gasteiger partial charge >= 0.3 is 0 Å².